The van der Waals surface area contributed by atoms with Crippen LogP contribution in [0.2, 0.25) is 5.02 Å². The largest absolute Gasteiger partial charge is 0.459 e. The molecule has 6 nitrogen and oxygen atoms in total. The number of hydrogen-bond acceptors (Lipinski definition) is 5. The minimum Gasteiger partial charge on any atom is -0.459 e. The monoisotopic (exact) mass is 296 g/mol. The van der Waals surface area contributed by atoms with Gasteiger partial charge in [0.05, 0.1) is 16.6 Å². The second-order valence-electron chi connectivity index (χ2n) is 5.03. The van der Waals surface area contributed by atoms with E-state index in [0.29, 0.717) is 0 Å². The Hall–Kier alpha value is -2.13. The molecule has 0 saturated heterocycles. The third-order valence-corrected chi connectivity index (χ3v) is 2.59. The smallest absolute Gasteiger partial charge is 0.328 e. The molecule has 1 unspecified atom stereocenters. The van der Waals surface area contributed by atoms with E-state index >= 15 is 0 Å². The van der Waals surface area contributed by atoms with Crippen LogP contribution in [-0.4, -0.2) is 16.5 Å². The Labute approximate surface area is 121 Å². The molecule has 0 aliphatic rings. The van der Waals surface area contributed by atoms with Crippen LogP contribution in [0.15, 0.2) is 18.2 Å². The van der Waals surface area contributed by atoms with Crippen molar-refractivity contribution in [2.24, 2.45) is 0 Å². The summed E-state index contributed by atoms with van der Waals surface area (Å²) in [5.41, 5.74) is -1.31. The average molecular weight is 297 g/mol. The summed E-state index contributed by atoms with van der Waals surface area (Å²) in [7, 11) is 0. The van der Waals surface area contributed by atoms with Crippen molar-refractivity contribution in [1.29, 1.82) is 5.26 Å². The molecule has 0 heterocycles. The van der Waals surface area contributed by atoms with Crippen LogP contribution in [0.1, 0.15) is 32.3 Å². The van der Waals surface area contributed by atoms with Crippen LogP contribution in [0.25, 0.3) is 0 Å². The van der Waals surface area contributed by atoms with Gasteiger partial charge in [0, 0.05) is 0 Å². The fraction of sp³-hybridized carbons (Fsp3) is 0.385. The summed E-state index contributed by atoms with van der Waals surface area (Å²) in [6, 6.07) is 5.82. The van der Waals surface area contributed by atoms with Gasteiger partial charge in [-0.15, -0.1) is 0 Å². The van der Waals surface area contributed by atoms with E-state index in [9.17, 15) is 14.9 Å². The quantitative estimate of drug-likeness (QED) is 0.485. The van der Waals surface area contributed by atoms with Crippen LogP contribution in [0.4, 0.5) is 5.69 Å². The SMILES string of the molecule is CC(C)(C)OC(=O)C(C#N)c1cccc(Cl)c1[N+](=O)[O-]. The number of benzene rings is 1. The highest BCUT2D eigenvalue weighted by atomic mass is 35.5. The topological polar surface area (TPSA) is 93.2 Å². The molecule has 0 aromatic heterocycles. The lowest BCUT2D eigenvalue weighted by Gasteiger charge is -2.21. The maximum absolute atomic E-state index is 12.0. The molecule has 1 aromatic rings. The molecule has 1 aromatic carbocycles. The fourth-order valence-corrected chi connectivity index (χ4v) is 1.82. The van der Waals surface area contributed by atoms with Crippen molar-refractivity contribution in [3.63, 3.8) is 0 Å². The zero-order valence-electron chi connectivity index (χ0n) is 11.2. The van der Waals surface area contributed by atoms with Crippen LogP contribution >= 0.6 is 11.6 Å². The van der Waals surface area contributed by atoms with Crippen molar-refractivity contribution in [1.82, 2.24) is 0 Å². The van der Waals surface area contributed by atoms with Crippen molar-refractivity contribution in [3.05, 3.63) is 38.9 Å². The molecule has 0 saturated carbocycles. The third-order valence-electron chi connectivity index (χ3n) is 2.28. The number of carbonyl (C=O) groups is 1. The van der Waals surface area contributed by atoms with E-state index in [0.717, 1.165) is 0 Å². The van der Waals surface area contributed by atoms with Gasteiger partial charge in [-0.1, -0.05) is 23.7 Å². The van der Waals surface area contributed by atoms with Crippen molar-refractivity contribution in [2.75, 3.05) is 0 Å². The predicted octanol–water partition coefficient (Wildman–Crippen LogP) is 3.20. The van der Waals surface area contributed by atoms with Gasteiger partial charge in [-0.2, -0.15) is 5.26 Å². The fourth-order valence-electron chi connectivity index (χ4n) is 1.57. The lowest BCUT2D eigenvalue weighted by Crippen LogP contribution is -2.27. The van der Waals surface area contributed by atoms with Gasteiger partial charge in [-0.3, -0.25) is 14.9 Å². The second-order valence-corrected chi connectivity index (χ2v) is 5.44. The number of nitro benzene ring substituents is 1. The zero-order valence-corrected chi connectivity index (χ0v) is 12.0. The summed E-state index contributed by atoms with van der Waals surface area (Å²) >= 11 is 5.76. The molecule has 0 amide bonds. The van der Waals surface area contributed by atoms with Crippen LogP contribution < -0.4 is 0 Å². The van der Waals surface area contributed by atoms with Crippen molar-refractivity contribution >= 4 is 23.3 Å². The number of para-hydroxylation sites is 1. The Kier molecular flexibility index (Phi) is 4.69. The number of esters is 1. The molecule has 0 bridgehead atoms. The molecule has 0 fully saturated rings. The molecule has 0 aliphatic carbocycles. The zero-order chi connectivity index (χ0) is 15.5. The normalized spacial score (nSPS) is 12.3. The van der Waals surface area contributed by atoms with E-state index < -0.39 is 28.1 Å². The minimum atomic E-state index is -1.40. The summed E-state index contributed by atoms with van der Waals surface area (Å²) < 4.78 is 5.09. The molecule has 7 heteroatoms. The number of nitro groups is 1. The number of hydrogen-bond donors (Lipinski definition) is 0. The Bertz CT molecular complexity index is 587. The Morgan fingerprint density at radius 2 is 2.10 bits per heavy atom. The Balaban J connectivity index is 3.28. The first-order valence-corrected chi connectivity index (χ1v) is 6.10. The van der Waals surface area contributed by atoms with E-state index in [1.165, 1.54) is 18.2 Å². The standard InChI is InChI=1S/C13H13ClN2O4/c1-13(2,3)20-12(17)9(7-15)8-5-4-6-10(14)11(8)16(18)19/h4-6,9H,1-3H3. The average Bonchev–Trinajstić information content (AvgIpc) is 2.26. The molecule has 106 valence electrons. The molecule has 20 heavy (non-hydrogen) atoms. The van der Waals surface area contributed by atoms with Crippen LogP contribution in [-0.2, 0) is 9.53 Å². The molecule has 0 N–H and O–H groups in total. The molecule has 1 rings (SSSR count). The van der Waals surface area contributed by atoms with Gasteiger partial charge < -0.3 is 4.74 Å². The van der Waals surface area contributed by atoms with E-state index in [-0.39, 0.29) is 10.6 Å². The highest BCUT2D eigenvalue weighted by molar-refractivity contribution is 6.32. The van der Waals surface area contributed by atoms with Crippen molar-refractivity contribution < 1.29 is 14.5 Å². The van der Waals surface area contributed by atoms with Gasteiger partial charge in [-0.25, -0.2) is 0 Å². The third kappa shape index (κ3) is 3.68. The van der Waals surface area contributed by atoms with E-state index in [2.05, 4.69) is 0 Å². The number of rotatable bonds is 3. The first kappa shape index (κ1) is 15.9. The first-order chi connectivity index (χ1) is 9.17. The minimum absolute atomic E-state index is 0.0701. The van der Waals surface area contributed by atoms with Crippen LogP contribution in [0.3, 0.4) is 0 Å². The van der Waals surface area contributed by atoms with Gasteiger partial charge in [0.2, 0.25) is 0 Å². The highest BCUT2D eigenvalue weighted by Gasteiger charge is 2.33. The van der Waals surface area contributed by atoms with Gasteiger partial charge in [0.1, 0.15) is 10.6 Å². The molecule has 0 aliphatic heterocycles. The maximum atomic E-state index is 12.0. The molecular formula is C13H13ClN2O4. The maximum Gasteiger partial charge on any atom is 0.328 e. The van der Waals surface area contributed by atoms with Crippen molar-refractivity contribution in [2.45, 2.75) is 32.3 Å². The summed E-state index contributed by atoms with van der Waals surface area (Å²) in [6.45, 7) is 4.93. The van der Waals surface area contributed by atoms with Crippen molar-refractivity contribution in [3.8, 4) is 6.07 Å². The Morgan fingerprint density at radius 1 is 1.50 bits per heavy atom. The number of carbonyl (C=O) groups excluding carboxylic acids is 1. The summed E-state index contributed by atoms with van der Waals surface area (Å²) in [5.74, 6) is -2.24. The molecule has 0 spiro atoms. The first-order valence-electron chi connectivity index (χ1n) is 5.72. The number of ether oxygens (including phenoxy) is 1. The van der Waals surface area contributed by atoms with E-state index in [1.807, 2.05) is 0 Å². The summed E-state index contributed by atoms with van der Waals surface area (Å²) in [6.07, 6.45) is 0. The predicted molar refractivity (Wildman–Crippen MR) is 72.3 cm³/mol. The number of nitrogens with zero attached hydrogens (tertiary/aromatic N) is 2. The molecular weight excluding hydrogens is 284 g/mol. The molecule has 1 atom stereocenters. The summed E-state index contributed by atoms with van der Waals surface area (Å²) in [4.78, 5) is 22.3. The molecule has 0 radical (unpaired) electrons. The van der Waals surface area contributed by atoms with Gasteiger partial charge in [0.15, 0.2) is 5.92 Å². The summed E-state index contributed by atoms with van der Waals surface area (Å²) in [5, 5.41) is 20.0. The second kappa shape index (κ2) is 5.88. The highest BCUT2D eigenvalue weighted by Crippen LogP contribution is 2.34. The van der Waals surface area contributed by atoms with Gasteiger partial charge in [0.25, 0.3) is 5.69 Å². The Morgan fingerprint density at radius 3 is 2.55 bits per heavy atom. The van der Waals surface area contributed by atoms with Gasteiger partial charge >= 0.3 is 5.97 Å². The van der Waals surface area contributed by atoms with Crippen LogP contribution in [0, 0.1) is 21.4 Å². The number of nitriles is 1. The van der Waals surface area contributed by atoms with E-state index in [4.69, 9.17) is 21.6 Å². The lowest BCUT2D eigenvalue weighted by molar-refractivity contribution is -0.385. The van der Waals surface area contributed by atoms with Gasteiger partial charge in [-0.05, 0) is 26.8 Å². The van der Waals surface area contributed by atoms with E-state index in [1.54, 1.807) is 26.8 Å². The lowest BCUT2D eigenvalue weighted by atomic mass is 9.98. The van der Waals surface area contributed by atoms with Crippen LogP contribution in [0.5, 0.6) is 0 Å². The number of halogens is 1.